The number of benzene rings is 1. The second-order valence-electron chi connectivity index (χ2n) is 10.0. The molecule has 13 N–H and O–H groups in total. The molecular formula is C27H41N9O7S. The van der Waals surface area contributed by atoms with E-state index in [1.54, 1.807) is 6.20 Å². The average molecular weight is 636 g/mol. The Balaban J connectivity index is 2.28. The van der Waals surface area contributed by atoms with E-state index in [0.717, 1.165) is 0 Å². The number of nitrogens with two attached hydrogens (primary N) is 3. The fraction of sp³-hybridized carbons (Fsp3) is 0.481. The first-order valence-electron chi connectivity index (χ1n) is 13.9. The van der Waals surface area contributed by atoms with Gasteiger partial charge in [0.2, 0.25) is 29.5 Å². The number of unbranched alkanes of at least 4 members (excludes halogenated alkanes) is 1. The Bertz CT molecular complexity index is 1230. The van der Waals surface area contributed by atoms with Gasteiger partial charge >= 0.3 is 0 Å². The van der Waals surface area contributed by atoms with E-state index in [4.69, 9.17) is 17.2 Å². The lowest BCUT2D eigenvalue weighted by atomic mass is 10.0. The number of aliphatic hydroxyl groups is 1. The third-order valence-corrected chi connectivity index (χ3v) is 6.94. The second-order valence-corrected chi connectivity index (χ2v) is 10.4. The number of amides is 5. The van der Waals surface area contributed by atoms with E-state index in [0.29, 0.717) is 37.1 Å². The number of thiol groups is 1. The third-order valence-electron chi connectivity index (χ3n) is 6.57. The number of carbonyl (C=O) groups excluding carboxylic acids is 5. The van der Waals surface area contributed by atoms with Crippen molar-refractivity contribution in [3.63, 3.8) is 0 Å². The largest absolute Gasteiger partial charge is 0.508 e. The summed E-state index contributed by atoms with van der Waals surface area (Å²) in [5.74, 6) is -4.09. The number of nitrogens with zero attached hydrogens (tertiary/aromatic N) is 1. The molecular weight excluding hydrogens is 594 g/mol. The molecule has 44 heavy (non-hydrogen) atoms. The molecule has 0 bridgehead atoms. The number of hydrogen-bond donors (Lipinski definition) is 11. The minimum absolute atomic E-state index is 0.0198. The molecule has 5 atom stereocenters. The van der Waals surface area contributed by atoms with Crippen molar-refractivity contribution >= 4 is 42.2 Å². The van der Waals surface area contributed by atoms with Gasteiger partial charge in [-0.25, -0.2) is 4.98 Å². The molecule has 0 aliphatic heterocycles. The Morgan fingerprint density at radius 1 is 0.864 bits per heavy atom. The first-order chi connectivity index (χ1) is 21.0. The molecule has 0 saturated carbocycles. The quantitative estimate of drug-likeness (QED) is 0.0540. The molecule has 16 nitrogen and oxygen atoms in total. The van der Waals surface area contributed by atoms with Crippen molar-refractivity contribution in [2.75, 3.05) is 18.9 Å². The van der Waals surface area contributed by atoms with Crippen LogP contribution in [0.15, 0.2) is 36.8 Å². The summed E-state index contributed by atoms with van der Waals surface area (Å²) in [6.07, 6.45) is 4.45. The predicted molar refractivity (Wildman–Crippen MR) is 163 cm³/mol. The maximum atomic E-state index is 13.6. The molecule has 0 aliphatic rings. The zero-order valence-electron chi connectivity index (χ0n) is 24.1. The molecule has 0 unspecified atom stereocenters. The molecule has 1 aromatic carbocycles. The van der Waals surface area contributed by atoms with E-state index in [1.165, 1.54) is 30.6 Å². The van der Waals surface area contributed by atoms with Crippen LogP contribution in [0.25, 0.3) is 0 Å². The van der Waals surface area contributed by atoms with E-state index in [2.05, 4.69) is 43.9 Å². The number of aliphatic hydroxyl groups excluding tert-OH is 1. The van der Waals surface area contributed by atoms with E-state index in [9.17, 15) is 34.2 Å². The van der Waals surface area contributed by atoms with Gasteiger partial charge in [-0.05, 0) is 37.1 Å². The lowest BCUT2D eigenvalue weighted by Gasteiger charge is -2.26. The summed E-state index contributed by atoms with van der Waals surface area (Å²) in [7, 11) is 0. The third kappa shape index (κ3) is 11.8. The van der Waals surface area contributed by atoms with Gasteiger partial charge in [0.05, 0.1) is 24.7 Å². The smallest absolute Gasteiger partial charge is 0.245 e. The highest BCUT2D eigenvalue weighted by atomic mass is 32.1. The van der Waals surface area contributed by atoms with Gasteiger partial charge in [0.25, 0.3) is 0 Å². The Morgan fingerprint density at radius 2 is 1.43 bits per heavy atom. The number of nitrogens with one attached hydrogen (secondary N) is 5. The van der Waals surface area contributed by atoms with E-state index in [1.807, 2.05) is 0 Å². The lowest BCUT2D eigenvalue weighted by molar-refractivity contribution is -0.135. The fourth-order valence-corrected chi connectivity index (χ4v) is 4.31. The highest BCUT2D eigenvalue weighted by molar-refractivity contribution is 7.80. The molecule has 0 fully saturated rings. The molecule has 1 aromatic heterocycles. The number of aromatic hydroxyl groups is 1. The Labute approximate surface area is 259 Å². The topological polar surface area (TPSA) is 281 Å². The van der Waals surface area contributed by atoms with Crippen LogP contribution in [0, 0.1) is 0 Å². The van der Waals surface area contributed by atoms with Crippen molar-refractivity contribution in [1.82, 2.24) is 31.2 Å². The van der Waals surface area contributed by atoms with Crippen LogP contribution in [0.2, 0.25) is 0 Å². The van der Waals surface area contributed by atoms with E-state index >= 15 is 0 Å². The molecule has 0 saturated heterocycles. The highest BCUT2D eigenvalue weighted by Crippen LogP contribution is 2.12. The summed E-state index contributed by atoms with van der Waals surface area (Å²) >= 11 is 3.96. The van der Waals surface area contributed by atoms with Crippen LogP contribution >= 0.6 is 12.6 Å². The molecule has 0 aliphatic carbocycles. The molecule has 242 valence electrons. The number of rotatable bonds is 19. The van der Waals surface area contributed by atoms with Crippen molar-refractivity contribution in [3.8, 4) is 5.75 Å². The number of primary amides is 1. The van der Waals surface area contributed by atoms with Crippen LogP contribution in [0.4, 0.5) is 0 Å². The summed E-state index contributed by atoms with van der Waals surface area (Å²) < 4.78 is 0. The molecule has 2 aromatic rings. The number of phenolic OH excluding ortho intramolecular Hbond substituents is 1. The van der Waals surface area contributed by atoms with Crippen molar-refractivity contribution < 1.29 is 34.2 Å². The minimum Gasteiger partial charge on any atom is -0.508 e. The number of H-pyrrole nitrogens is 1. The van der Waals surface area contributed by atoms with Crippen LogP contribution in [0.3, 0.4) is 0 Å². The second kappa shape index (κ2) is 18.5. The average Bonchev–Trinajstić information content (AvgIpc) is 3.51. The van der Waals surface area contributed by atoms with Crippen molar-refractivity contribution in [2.45, 2.75) is 62.3 Å². The van der Waals surface area contributed by atoms with Gasteiger partial charge in [0.1, 0.15) is 29.9 Å². The van der Waals surface area contributed by atoms with Crippen LogP contribution < -0.4 is 38.5 Å². The van der Waals surface area contributed by atoms with Gasteiger partial charge in [-0.15, -0.1) is 0 Å². The van der Waals surface area contributed by atoms with Crippen LogP contribution in [-0.2, 0) is 36.8 Å². The predicted octanol–water partition coefficient (Wildman–Crippen LogP) is -3.30. The summed E-state index contributed by atoms with van der Waals surface area (Å²) in [6.45, 7) is -0.391. The van der Waals surface area contributed by atoms with Gasteiger partial charge < -0.3 is 53.7 Å². The Morgan fingerprint density at radius 3 is 1.98 bits per heavy atom. The standard InChI is InChI=1S/C27H41N9O7S/c28-8-2-1-3-18(29)24(40)33-20(10-16-11-31-14-32-16)26(42)34-19(9-15-4-6-17(38)7-5-15)25(41)35-21(12-37)27(43)36-22(13-44)23(30)39/h4-7,11,14,18-22,37-38,44H,1-3,8-10,12-13,28-29H2,(H2,30,39)(H,31,32)(H,33,40)(H,34,42)(H,35,41)(H,36,43)/t18-,19-,20-,21-,22-/m0/s1. The Hall–Kier alpha value is -4.19. The highest BCUT2D eigenvalue weighted by Gasteiger charge is 2.31. The summed E-state index contributed by atoms with van der Waals surface area (Å²) in [4.78, 5) is 70.9. The number of aromatic nitrogens is 2. The Kier molecular flexibility index (Phi) is 15.1. The number of carbonyl (C=O) groups is 5. The molecule has 1 heterocycles. The molecule has 0 spiro atoms. The van der Waals surface area contributed by atoms with Gasteiger partial charge in [-0.3, -0.25) is 24.0 Å². The zero-order chi connectivity index (χ0) is 32.6. The number of hydrogen-bond acceptors (Lipinski definition) is 11. The van der Waals surface area contributed by atoms with Crippen molar-refractivity contribution in [3.05, 3.63) is 48.0 Å². The maximum Gasteiger partial charge on any atom is 0.245 e. The zero-order valence-corrected chi connectivity index (χ0v) is 25.0. The van der Waals surface area contributed by atoms with E-state index in [-0.39, 0.29) is 24.3 Å². The summed E-state index contributed by atoms with van der Waals surface area (Å²) in [5, 5.41) is 29.4. The first-order valence-corrected chi connectivity index (χ1v) is 14.6. The maximum absolute atomic E-state index is 13.6. The molecule has 5 amide bonds. The van der Waals surface area contributed by atoms with Gasteiger partial charge in [-0.2, -0.15) is 12.6 Å². The number of imidazole rings is 1. The fourth-order valence-electron chi connectivity index (χ4n) is 4.03. The van der Waals surface area contributed by atoms with Crippen LogP contribution in [-0.4, -0.2) is 98.8 Å². The van der Waals surface area contributed by atoms with Gasteiger partial charge in [0.15, 0.2) is 0 Å². The summed E-state index contributed by atoms with van der Waals surface area (Å²) in [6, 6.07) is -0.220. The summed E-state index contributed by atoms with van der Waals surface area (Å²) in [5.41, 5.74) is 17.7. The van der Waals surface area contributed by atoms with Crippen molar-refractivity contribution in [2.24, 2.45) is 17.2 Å². The first kappa shape index (κ1) is 36.0. The van der Waals surface area contributed by atoms with Gasteiger partial charge in [-0.1, -0.05) is 18.6 Å². The normalized spacial score (nSPS) is 14.4. The number of aromatic amines is 1. The molecule has 2 rings (SSSR count). The van der Waals surface area contributed by atoms with E-state index < -0.39 is 66.4 Å². The van der Waals surface area contributed by atoms with Crippen molar-refractivity contribution in [1.29, 1.82) is 0 Å². The monoisotopic (exact) mass is 635 g/mol. The SMILES string of the molecule is NCCCC[C@H](N)C(=O)N[C@@H](Cc1c[nH]cn1)C(=O)N[C@@H](Cc1ccc(O)cc1)C(=O)N[C@@H](CO)C(=O)N[C@@H](CS)C(N)=O. The van der Waals surface area contributed by atoms with Gasteiger partial charge in [0, 0.05) is 24.8 Å². The lowest BCUT2D eigenvalue weighted by Crippen LogP contribution is -2.60. The number of phenols is 1. The minimum atomic E-state index is -1.51. The van der Waals surface area contributed by atoms with Crippen LogP contribution in [0.5, 0.6) is 5.75 Å². The van der Waals surface area contributed by atoms with Crippen LogP contribution in [0.1, 0.15) is 30.5 Å². The molecule has 0 radical (unpaired) electrons. The molecule has 17 heteroatoms.